The highest BCUT2D eigenvalue weighted by atomic mass is 32.2. The van der Waals surface area contributed by atoms with Gasteiger partial charge in [-0.3, -0.25) is 9.89 Å². The molecule has 1 amide bonds. The molecule has 6 heteroatoms. The lowest BCUT2D eigenvalue weighted by Gasteiger charge is -2.11. The van der Waals surface area contributed by atoms with Crippen LogP contribution in [0.5, 0.6) is 0 Å². The van der Waals surface area contributed by atoms with E-state index in [4.69, 9.17) is 0 Å². The van der Waals surface area contributed by atoms with Crippen LogP contribution in [0.15, 0.2) is 59.8 Å². The Hall–Kier alpha value is -2.86. The molecule has 1 unspecified atom stereocenters. The van der Waals surface area contributed by atoms with Crippen molar-refractivity contribution in [3.05, 3.63) is 71.5 Å². The van der Waals surface area contributed by atoms with Crippen molar-refractivity contribution in [2.75, 3.05) is 5.32 Å². The number of amides is 1. The highest BCUT2D eigenvalue weighted by Gasteiger charge is 2.17. The van der Waals surface area contributed by atoms with Crippen LogP contribution in [0.1, 0.15) is 23.9 Å². The van der Waals surface area contributed by atoms with Crippen LogP contribution in [0.25, 0.3) is 12.2 Å². The van der Waals surface area contributed by atoms with Gasteiger partial charge in [0, 0.05) is 5.69 Å². The zero-order chi connectivity index (χ0) is 18.4. The molecule has 3 rings (SSSR count). The summed E-state index contributed by atoms with van der Waals surface area (Å²) < 4.78 is 0. The molecule has 5 nitrogen and oxygen atoms in total. The van der Waals surface area contributed by atoms with E-state index in [1.165, 1.54) is 11.8 Å². The summed E-state index contributed by atoms with van der Waals surface area (Å²) in [6.07, 6.45) is 3.83. The van der Waals surface area contributed by atoms with E-state index in [-0.39, 0.29) is 11.2 Å². The Balaban J connectivity index is 1.59. The maximum Gasteiger partial charge on any atom is 0.237 e. The fraction of sp³-hybridized carbons (Fsp3) is 0.150. The number of carbonyl (C=O) groups excluding carboxylic acids is 1. The van der Waals surface area contributed by atoms with Crippen molar-refractivity contribution in [2.45, 2.75) is 24.3 Å². The lowest BCUT2D eigenvalue weighted by Crippen LogP contribution is -2.22. The third-order valence-electron chi connectivity index (χ3n) is 3.77. The number of nitrogens with zero attached hydrogens (tertiary/aromatic N) is 2. The van der Waals surface area contributed by atoms with E-state index in [0.717, 1.165) is 16.8 Å². The standard InChI is InChI=1S/C20H20N4OS/c1-14-8-6-7-11-17(14)21-19(25)15(2)26-20-22-18(23-24-20)13-12-16-9-4-3-5-10-16/h3-13,15H,1-2H3,(H,21,25)(H,22,23,24)/b13-12+. The van der Waals surface area contributed by atoms with E-state index >= 15 is 0 Å². The molecule has 1 atom stereocenters. The van der Waals surface area contributed by atoms with Gasteiger partial charge in [-0.05, 0) is 37.1 Å². The van der Waals surface area contributed by atoms with E-state index in [0.29, 0.717) is 11.0 Å². The minimum atomic E-state index is -0.309. The van der Waals surface area contributed by atoms with Gasteiger partial charge in [-0.15, -0.1) is 5.10 Å². The monoisotopic (exact) mass is 364 g/mol. The summed E-state index contributed by atoms with van der Waals surface area (Å²) in [6, 6.07) is 17.7. The molecule has 1 heterocycles. The van der Waals surface area contributed by atoms with Crippen molar-refractivity contribution in [3.8, 4) is 0 Å². The van der Waals surface area contributed by atoms with Gasteiger partial charge in [-0.2, -0.15) is 0 Å². The van der Waals surface area contributed by atoms with Crippen LogP contribution < -0.4 is 5.32 Å². The second-order valence-corrected chi connectivity index (χ2v) is 7.12. The summed E-state index contributed by atoms with van der Waals surface area (Å²) in [6.45, 7) is 3.81. The highest BCUT2D eigenvalue weighted by molar-refractivity contribution is 8.00. The maximum atomic E-state index is 12.4. The van der Waals surface area contributed by atoms with Gasteiger partial charge in [0.1, 0.15) is 5.82 Å². The summed E-state index contributed by atoms with van der Waals surface area (Å²) in [5, 5.41) is 10.2. The van der Waals surface area contributed by atoms with Crippen LogP contribution in [-0.2, 0) is 4.79 Å². The fourth-order valence-corrected chi connectivity index (χ4v) is 3.02. The number of H-pyrrole nitrogens is 1. The molecule has 0 aliphatic heterocycles. The van der Waals surface area contributed by atoms with Gasteiger partial charge in [0.15, 0.2) is 0 Å². The summed E-state index contributed by atoms with van der Waals surface area (Å²) >= 11 is 1.32. The summed E-state index contributed by atoms with van der Waals surface area (Å²) in [4.78, 5) is 16.8. The number of aryl methyl sites for hydroxylation is 1. The Kier molecular flexibility index (Phi) is 5.86. The van der Waals surface area contributed by atoms with Gasteiger partial charge in [-0.25, -0.2) is 4.98 Å². The normalized spacial score (nSPS) is 12.2. The first kappa shape index (κ1) is 17.9. The topological polar surface area (TPSA) is 70.7 Å². The quantitative estimate of drug-likeness (QED) is 0.636. The van der Waals surface area contributed by atoms with Gasteiger partial charge >= 0.3 is 0 Å². The predicted molar refractivity (Wildman–Crippen MR) is 107 cm³/mol. The molecule has 0 aliphatic carbocycles. The van der Waals surface area contributed by atoms with E-state index in [1.807, 2.05) is 80.6 Å². The molecule has 132 valence electrons. The number of carbonyl (C=O) groups is 1. The molecule has 0 spiro atoms. The maximum absolute atomic E-state index is 12.4. The van der Waals surface area contributed by atoms with Crippen LogP contribution in [0, 0.1) is 6.92 Å². The summed E-state index contributed by atoms with van der Waals surface area (Å²) in [5.74, 6) is 0.582. The highest BCUT2D eigenvalue weighted by Crippen LogP contribution is 2.22. The Morgan fingerprint density at radius 3 is 2.62 bits per heavy atom. The lowest BCUT2D eigenvalue weighted by atomic mass is 10.2. The molecule has 0 fully saturated rings. The minimum absolute atomic E-state index is 0.0736. The molecule has 2 N–H and O–H groups in total. The Labute approximate surface area is 156 Å². The number of aromatic amines is 1. The number of aromatic nitrogens is 3. The number of thioether (sulfide) groups is 1. The van der Waals surface area contributed by atoms with Crippen molar-refractivity contribution in [3.63, 3.8) is 0 Å². The van der Waals surface area contributed by atoms with E-state index < -0.39 is 0 Å². The molecular weight excluding hydrogens is 344 g/mol. The average molecular weight is 364 g/mol. The first-order valence-electron chi connectivity index (χ1n) is 8.30. The van der Waals surface area contributed by atoms with Crippen LogP contribution in [-0.4, -0.2) is 26.3 Å². The third kappa shape index (κ3) is 4.83. The molecule has 3 aromatic rings. The lowest BCUT2D eigenvalue weighted by molar-refractivity contribution is -0.115. The number of rotatable bonds is 6. The fourth-order valence-electron chi connectivity index (χ4n) is 2.28. The van der Waals surface area contributed by atoms with Crippen molar-refractivity contribution >= 4 is 35.5 Å². The van der Waals surface area contributed by atoms with Crippen LogP contribution >= 0.6 is 11.8 Å². The Morgan fingerprint density at radius 2 is 1.85 bits per heavy atom. The van der Waals surface area contributed by atoms with Gasteiger partial charge in [0.05, 0.1) is 5.25 Å². The van der Waals surface area contributed by atoms with Gasteiger partial charge in [0.25, 0.3) is 0 Å². The van der Waals surface area contributed by atoms with Crippen molar-refractivity contribution in [1.29, 1.82) is 0 Å². The molecule has 0 aliphatic rings. The number of para-hydroxylation sites is 1. The number of benzene rings is 2. The third-order valence-corrected chi connectivity index (χ3v) is 4.73. The van der Waals surface area contributed by atoms with Crippen LogP contribution in [0.3, 0.4) is 0 Å². The molecular formula is C20H20N4OS. The van der Waals surface area contributed by atoms with E-state index in [1.54, 1.807) is 0 Å². The predicted octanol–water partition coefficient (Wildman–Crippen LogP) is 4.40. The second kappa shape index (κ2) is 8.49. The molecule has 0 bridgehead atoms. The zero-order valence-electron chi connectivity index (χ0n) is 14.6. The molecule has 0 radical (unpaired) electrons. The Morgan fingerprint density at radius 1 is 1.12 bits per heavy atom. The van der Waals surface area contributed by atoms with Crippen molar-refractivity contribution in [2.24, 2.45) is 0 Å². The minimum Gasteiger partial charge on any atom is -0.325 e. The SMILES string of the molecule is Cc1ccccc1NC(=O)C(C)Sc1n[nH]c(/C=C/c2ccccc2)n1. The summed E-state index contributed by atoms with van der Waals surface area (Å²) in [7, 11) is 0. The summed E-state index contributed by atoms with van der Waals surface area (Å²) in [5.41, 5.74) is 2.94. The van der Waals surface area contributed by atoms with Crippen LogP contribution in [0.2, 0.25) is 0 Å². The molecule has 1 aromatic heterocycles. The largest absolute Gasteiger partial charge is 0.325 e. The zero-order valence-corrected chi connectivity index (χ0v) is 15.5. The van der Waals surface area contributed by atoms with Gasteiger partial charge in [0.2, 0.25) is 11.1 Å². The van der Waals surface area contributed by atoms with Crippen molar-refractivity contribution in [1.82, 2.24) is 15.2 Å². The second-order valence-electron chi connectivity index (χ2n) is 5.81. The molecule has 0 saturated heterocycles. The number of hydrogen-bond donors (Lipinski definition) is 2. The van der Waals surface area contributed by atoms with Gasteiger partial charge < -0.3 is 5.32 Å². The molecule has 2 aromatic carbocycles. The van der Waals surface area contributed by atoms with E-state index in [9.17, 15) is 4.79 Å². The van der Waals surface area contributed by atoms with Gasteiger partial charge in [-0.1, -0.05) is 66.4 Å². The smallest absolute Gasteiger partial charge is 0.237 e. The van der Waals surface area contributed by atoms with Crippen molar-refractivity contribution < 1.29 is 4.79 Å². The Bertz CT molecular complexity index is 905. The molecule has 0 saturated carbocycles. The average Bonchev–Trinajstić information content (AvgIpc) is 3.10. The first-order chi connectivity index (χ1) is 12.6. The molecule has 26 heavy (non-hydrogen) atoms. The number of anilines is 1. The number of nitrogens with one attached hydrogen (secondary N) is 2. The first-order valence-corrected chi connectivity index (χ1v) is 9.18. The number of hydrogen-bond acceptors (Lipinski definition) is 4. The van der Waals surface area contributed by atoms with E-state index in [2.05, 4.69) is 20.5 Å². The van der Waals surface area contributed by atoms with Crippen LogP contribution in [0.4, 0.5) is 5.69 Å².